The molecule has 4 N–H and O–H groups in total. The van der Waals surface area contributed by atoms with Crippen molar-refractivity contribution in [2.24, 2.45) is 11.1 Å². The molecule has 0 saturated carbocycles. The van der Waals surface area contributed by atoms with E-state index in [1.165, 1.54) is 43.6 Å². The lowest BCUT2D eigenvalue weighted by Gasteiger charge is -2.29. The summed E-state index contributed by atoms with van der Waals surface area (Å²) in [6, 6.07) is 40.5. The maximum absolute atomic E-state index is 13.0. The number of aryl methyl sites for hydroxylation is 1. The highest BCUT2D eigenvalue weighted by atomic mass is 127. The Balaban J connectivity index is 0.729. The topological polar surface area (TPSA) is 200 Å². The molecular weight excluding hydrogens is 1370 g/mol. The number of halogens is 1. The second-order valence-electron chi connectivity index (χ2n) is 27.8. The van der Waals surface area contributed by atoms with Crippen molar-refractivity contribution in [3.8, 4) is 5.69 Å². The van der Waals surface area contributed by atoms with Gasteiger partial charge >= 0.3 is 0 Å². The van der Waals surface area contributed by atoms with Gasteiger partial charge in [-0.2, -0.15) is 18.1 Å². The number of benzene rings is 5. The van der Waals surface area contributed by atoms with Crippen LogP contribution >= 0.6 is 22.6 Å². The molecular formula is C79H103IN7O10S+. The molecule has 1 amide bonds. The maximum atomic E-state index is 13.0. The van der Waals surface area contributed by atoms with Crippen LogP contribution in [0.5, 0.6) is 0 Å². The second kappa shape index (κ2) is 35.6. The van der Waals surface area contributed by atoms with Crippen LogP contribution in [-0.2, 0) is 64.1 Å². The highest BCUT2D eigenvalue weighted by Gasteiger charge is 2.44. The van der Waals surface area contributed by atoms with E-state index >= 15 is 0 Å². The summed E-state index contributed by atoms with van der Waals surface area (Å²) in [5, 5.41) is 8.08. The number of aromatic nitrogens is 2. The van der Waals surface area contributed by atoms with Crippen molar-refractivity contribution in [3.63, 3.8) is 0 Å². The number of nitrogens with two attached hydrogens (primary N) is 1. The van der Waals surface area contributed by atoms with Crippen LogP contribution in [0, 0.1) is 15.9 Å². The number of rotatable bonds is 40. The Labute approximate surface area is 595 Å². The molecule has 17 nitrogen and oxygen atoms in total. The molecule has 6 aromatic rings. The molecule has 3 heterocycles. The average Bonchev–Trinajstić information content (AvgIpc) is 1.61. The number of para-hydroxylation sites is 2. The SMILES string of the molecule is CCCCC[N+]1=C(/C=C/C(=C/C=C2/N(CCCCS(=O)(=O)O)c3ccccc3C2(C)C)c2ccc(CN(CCCOCCOCCOCCOCCOCCCNc3cc(-n4nc(C)c5c4CC(C)(C)CC5=O)ccc3C(N)=O)Cc3cccc(I)c3)cc2)C(C)(C)c2ccccc21. The van der Waals surface area contributed by atoms with Crippen LogP contribution in [0.25, 0.3) is 11.3 Å². The molecule has 3 aliphatic rings. The second-order valence-corrected chi connectivity index (χ2v) is 30.6. The van der Waals surface area contributed by atoms with E-state index in [-0.39, 0.29) is 27.8 Å². The molecule has 0 fully saturated rings. The van der Waals surface area contributed by atoms with Crippen LogP contribution in [0.4, 0.5) is 17.1 Å². The molecule has 0 bridgehead atoms. The lowest BCUT2D eigenvalue weighted by Crippen LogP contribution is -2.28. The van der Waals surface area contributed by atoms with Gasteiger partial charge in [0.1, 0.15) is 6.54 Å². The maximum Gasteiger partial charge on any atom is 0.264 e. The van der Waals surface area contributed by atoms with Gasteiger partial charge in [-0.05, 0) is 164 Å². The number of carbonyl (C=O) groups is 2. The predicted octanol–water partition coefficient (Wildman–Crippen LogP) is 14.6. The van der Waals surface area contributed by atoms with Gasteiger partial charge < -0.3 is 39.6 Å². The third-order valence-corrected chi connectivity index (χ3v) is 20.2. The first kappa shape index (κ1) is 75.5. The molecule has 2 aliphatic heterocycles. The van der Waals surface area contributed by atoms with Crippen LogP contribution in [0.2, 0.25) is 0 Å². The van der Waals surface area contributed by atoms with Gasteiger partial charge in [0.15, 0.2) is 11.5 Å². The lowest BCUT2D eigenvalue weighted by atomic mass is 9.75. The van der Waals surface area contributed by atoms with Crippen molar-refractivity contribution in [1.29, 1.82) is 0 Å². The summed E-state index contributed by atoms with van der Waals surface area (Å²) >= 11 is 2.39. The summed E-state index contributed by atoms with van der Waals surface area (Å²) in [6.07, 6.45) is 16.3. The number of carbonyl (C=O) groups excluding carboxylic acids is 2. The number of unbranched alkanes of at least 4 members (excludes halogenated alkanes) is 3. The molecule has 9 rings (SSSR count). The number of Topliss-reactive ketones (excluding diaryl/α,β-unsaturated/α-hetero) is 1. The Kier molecular flexibility index (Phi) is 27.4. The van der Waals surface area contributed by atoms with Crippen LogP contribution in [0.1, 0.15) is 160 Å². The highest BCUT2D eigenvalue weighted by molar-refractivity contribution is 14.1. The number of fused-ring (bicyclic) bond motifs is 3. The number of amides is 1. The summed E-state index contributed by atoms with van der Waals surface area (Å²) in [5.74, 6) is -0.674. The number of allylic oxidation sites excluding steroid dienone is 6. The Morgan fingerprint density at radius 1 is 0.735 bits per heavy atom. The van der Waals surface area contributed by atoms with Gasteiger partial charge in [0.05, 0.1) is 92.2 Å². The van der Waals surface area contributed by atoms with Gasteiger partial charge in [0.25, 0.3) is 16.0 Å². The minimum absolute atomic E-state index is 0.113. The van der Waals surface area contributed by atoms with E-state index in [2.05, 4.69) is 212 Å². The number of hydrogen-bond donors (Lipinski definition) is 3. The van der Waals surface area contributed by atoms with E-state index in [0.717, 1.165) is 85.8 Å². The zero-order chi connectivity index (χ0) is 69.9. The van der Waals surface area contributed by atoms with E-state index in [1.807, 2.05) is 23.7 Å². The van der Waals surface area contributed by atoms with Gasteiger partial charge in [-0.15, -0.1) is 0 Å². The van der Waals surface area contributed by atoms with Crippen molar-refractivity contribution < 1.29 is 50.8 Å². The normalized spacial score (nSPS) is 16.0. The fourth-order valence-electron chi connectivity index (χ4n) is 13.7. The zero-order valence-electron chi connectivity index (χ0n) is 58.9. The van der Waals surface area contributed by atoms with Gasteiger partial charge in [-0.25, -0.2) is 4.68 Å². The Hall–Kier alpha value is -6.66. The molecule has 5 aromatic carbocycles. The Morgan fingerprint density at radius 3 is 2.06 bits per heavy atom. The fraction of sp³-hybridized carbons (Fsp3) is 0.468. The van der Waals surface area contributed by atoms with Crippen molar-refractivity contribution in [2.45, 2.75) is 137 Å². The first-order chi connectivity index (χ1) is 47.0. The van der Waals surface area contributed by atoms with Crippen molar-refractivity contribution >= 4 is 72.7 Å². The quantitative estimate of drug-likeness (QED) is 0.0108. The summed E-state index contributed by atoms with van der Waals surface area (Å²) in [4.78, 5) is 30.2. The standard InChI is InChI=1S/C79H102IN7O10S/c1-9-10-15-39-85-69-25-13-11-23-66(69)78(5,6)73(85)35-31-62(32-36-74-79(7,8)67-24-12-14-26-70(67)86(74)40-16-17-51-98(90,91)92)61-29-27-59(28-30-61)56-84(57-60-21-18-22-63(80)52-60)38-20-42-94-44-46-96-48-50-97-49-47-95-45-43-93-41-19-37-82-68-53-64(33-34-65(68)76(81)89)87-71-54-77(3,4)55-72(88)75(71)58(2)83-87/h11-14,18,21-36,52-53H,9-10,15-17,19-20,37-51,54-57H2,1-8H3,(H3-,81,82,89,90,91,92)/p+1. The lowest BCUT2D eigenvalue weighted by molar-refractivity contribution is -0.438. The summed E-state index contributed by atoms with van der Waals surface area (Å²) in [5.41, 5.74) is 21.1. The van der Waals surface area contributed by atoms with Crippen LogP contribution in [-0.4, -0.2) is 148 Å². The molecule has 0 saturated heterocycles. The smallest absolute Gasteiger partial charge is 0.264 e. The predicted molar refractivity (Wildman–Crippen MR) is 401 cm³/mol. The van der Waals surface area contributed by atoms with Crippen LogP contribution in [0.3, 0.4) is 0 Å². The van der Waals surface area contributed by atoms with Gasteiger partial charge in [-0.1, -0.05) is 120 Å². The third kappa shape index (κ3) is 20.5. The summed E-state index contributed by atoms with van der Waals surface area (Å²) < 4.78 is 67.7. The number of primary amides is 1. The first-order valence-corrected chi connectivity index (χ1v) is 37.7. The Morgan fingerprint density at radius 2 is 1.39 bits per heavy atom. The fourth-order valence-corrected chi connectivity index (χ4v) is 14.9. The largest absolute Gasteiger partial charge is 0.384 e. The molecule has 1 aromatic heterocycles. The molecule has 0 radical (unpaired) electrons. The van der Waals surface area contributed by atoms with E-state index < -0.39 is 16.0 Å². The number of anilines is 2. The van der Waals surface area contributed by atoms with Gasteiger partial charge in [-0.3, -0.25) is 19.0 Å². The number of nitrogens with zero attached hydrogens (tertiary/aromatic N) is 5. The Bertz CT molecular complexity index is 3930. The molecule has 0 unspecified atom stereocenters. The van der Waals surface area contributed by atoms with Crippen molar-refractivity contribution in [1.82, 2.24) is 14.7 Å². The monoisotopic (exact) mass is 1470 g/mol. The van der Waals surface area contributed by atoms with E-state index in [9.17, 15) is 22.6 Å². The van der Waals surface area contributed by atoms with E-state index in [4.69, 9.17) is 34.5 Å². The number of hydrogen-bond acceptors (Lipinski definition) is 13. The summed E-state index contributed by atoms with van der Waals surface area (Å²) in [7, 11) is -4.06. The van der Waals surface area contributed by atoms with Crippen LogP contribution in [0.15, 0.2) is 145 Å². The van der Waals surface area contributed by atoms with Gasteiger partial charge in [0.2, 0.25) is 5.69 Å². The molecule has 98 heavy (non-hydrogen) atoms. The molecule has 0 spiro atoms. The number of ketones is 1. The molecule has 526 valence electrons. The molecule has 1 aliphatic carbocycles. The van der Waals surface area contributed by atoms with Crippen molar-refractivity contribution in [2.75, 3.05) is 108 Å². The van der Waals surface area contributed by atoms with E-state index in [1.54, 1.807) is 6.07 Å². The van der Waals surface area contributed by atoms with E-state index in [0.29, 0.717) is 127 Å². The number of ether oxygens (including phenoxy) is 5. The summed E-state index contributed by atoms with van der Waals surface area (Å²) in [6.45, 7) is 26.9. The molecule has 0 atom stereocenters. The zero-order valence-corrected chi connectivity index (χ0v) is 61.9. The van der Waals surface area contributed by atoms with Gasteiger partial charge in [0, 0.05) is 103 Å². The van der Waals surface area contributed by atoms with Crippen LogP contribution < -0.4 is 16.0 Å². The highest BCUT2D eigenvalue weighted by Crippen LogP contribution is 2.48. The van der Waals surface area contributed by atoms with Crippen molar-refractivity contribution in [3.05, 3.63) is 199 Å². The first-order valence-electron chi connectivity index (χ1n) is 35.0. The minimum atomic E-state index is -4.06. The molecule has 19 heteroatoms. The minimum Gasteiger partial charge on any atom is -0.384 e. The third-order valence-electron chi connectivity index (χ3n) is 18.7. The average molecular weight is 1470 g/mol. The number of nitrogens with one attached hydrogen (secondary N) is 1.